The summed E-state index contributed by atoms with van der Waals surface area (Å²) in [6.45, 7) is 0.398. The molecule has 2 aromatic carbocycles. The number of hydroxylamine groups is 1. The number of carbonyl (C=O) groups is 2. The Morgan fingerprint density at radius 1 is 0.950 bits per heavy atom. The van der Waals surface area contributed by atoms with Crippen LogP contribution in [0.3, 0.4) is 0 Å². The topological polar surface area (TPSA) is 135 Å². The summed E-state index contributed by atoms with van der Waals surface area (Å²) in [5.41, 5.74) is 4.82. The molecule has 40 heavy (non-hydrogen) atoms. The van der Waals surface area contributed by atoms with E-state index in [1.165, 1.54) is 0 Å². The average Bonchev–Trinajstić information content (AvgIpc) is 3.29. The van der Waals surface area contributed by atoms with E-state index in [4.69, 9.17) is 37.9 Å². The molecule has 0 unspecified atom stereocenters. The average molecular weight is 591 g/mol. The first kappa shape index (κ1) is 30.0. The molecule has 10 nitrogen and oxygen atoms in total. The molecule has 12 heteroatoms. The van der Waals surface area contributed by atoms with Crippen molar-refractivity contribution in [2.24, 2.45) is 0 Å². The van der Waals surface area contributed by atoms with E-state index in [1.54, 1.807) is 28.5 Å². The van der Waals surface area contributed by atoms with Crippen molar-refractivity contribution < 1.29 is 29.4 Å². The Bertz CT molecular complexity index is 1270. The summed E-state index contributed by atoms with van der Waals surface area (Å²) in [6, 6.07) is 14.9. The minimum atomic E-state index is -0.667. The number of hydrogen-bond acceptors (Lipinski definition) is 7. The Kier molecular flexibility index (Phi) is 10.9. The van der Waals surface area contributed by atoms with E-state index in [2.05, 4.69) is 10.3 Å². The molecule has 0 radical (unpaired) electrons. The second-order valence-electron chi connectivity index (χ2n) is 9.59. The predicted molar refractivity (Wildman–Crippen MR) is 149 cm³/mol. The largest absolute Gasteiger partial charge is 0.392 e. The second-order valence-corrected chi connectivity index (χ2v) is 10.3. The Morgan fingerprint density at radius 2 is 1.62 bits per heavy atom. The second kappa shape index (κ2) is 14.6. The normalized spacial score (nSPS) is 18.9. The number of amides is 2. The van der Waals surface area contributed by atoms with Crippen LogP contribution in [0.2, 0.25) is 10.3 Å². The quantitative estimate of drug-likeness (QED) is 0.127. The number of aliphatic hydroxyl groups excluding tert-OH is 1. The predicted octanol–water partition coefficient (Wildman–Crippen LogP) is 5.32. The number of hydrogen-bond donors (Lipinski definition) is 4. The van der Waals surface area contributed by atoms with Crippen LogP contribution >= 0.6 is 23.2 Å². The molecule has 214 valence electrons. The van der Waals surface area contributed by atoms with Crippen LogP contribution in [0.25, 0.3) is 0 Å². The smallest absolute Gasteiger partial charge is 0.243 e. The van der Waals surface area contributed by atoms with Gasteiger partial charge in [-0.05, 0) is 36.1 Å². The zero-order valence-electron chi connectivity index (χ0n) is 21.8. The Labute approximate surface area is 242 Å². The number of anilines is 1. The van der Waals surface area contributed by atoms with Gasteiger partial charge in [-0.15, -0.1) is 0 Å². The molecule has 2 heterocycles. The third-order valence-corrected chi connectivity index (χ3v) is 7.42. The molecule has 1 saturated heterocycles. The molecular weight excluding hydrogens is 559 g/mol. The van der Waals surface area contributed by atoms with E-state index in [9.17, 15) is 14.7 Å². The highest BCUT2D eigenvalue weighted by atomic mass is 35.5. The lowest BCUT2D eigenvalue weighted by molar-refractivity contribution is -0.252. The molecule has 0 saturated carbocycles. The van der Waals surface area contributed by atoms with Gasteiger partial charge in [0.05, 0.1) is 31.7 Å². The fraction of sp³-hybridized carbons (Fsp3) is 0.393. The zero-order valence-corrected chi connectivity index (χ0v) is 23.3. The summed E-state index contributed by atoms with van der Waals surface area (Å²) in [4.78, 5) is 27.4. The van der Waals surface area contributed by atoms with Gasteiger partial charge in [0.25, 0.3) is 0 Å². The summed E-state index contributed by atoms with van der Waals surface area (Å²) >= 11 is 12.3. The first-order chi connectivity index (χ1) is 19.4. The number of nitrogens with one attached hydrogen (secondary N) is 2. The van der Waals surface area contributed by atoms with Gasteiger partial charge in [0.1, 0.15) is 5.15 Å². The molecule has 0 bridgehead atoms. The molecule has 1 fully saturated rings. The van der Waals surface area contributed by atoms with Crippen molar-refractivity contribution in [2.45, 2.75) is 70.2 Å². The molecule has 4 rings (SSSR count). The highest BCUT2D eigenvalue weighted by Crippen LogP contribution is 2.39. The van der Waals surface area contributed by atoms with Gasteiger partial charge in [0.2, 0.25) is 11.8 Å². The summed E-state index contributed by atoms with van der Waals surface area (Å²) in [7, 11) is 0. The van der Waals surface area contributed by atoms with E-state index in [-0.39, 0.29) is 36.3 Å². The molecule has 0 aliphatic carbocycles. The van der Waals surface area contributed by atoms with Crippen molar-refractivity contribution in [1.29, 1.82) is 0 Å². The first-order valence-electron chi connectivity index (χ1n) is 13.1. The molecule has 2 amide bonds. The van der Waals surface area contributed by atoms with Crippen molar-refractivity contribution in [2.75, 3.05) is 5.32 Å². The Morgan fingerprint density at radius 3 is 2.25 bits per heavy atom. The lowest BCUT2D eigenvalue weighted by atomic mass is 10.00. The summed E-state index contributed by atoms with van der Waals surface area (Å²) < 4.78 is 14.4. The van der Waals surface area contributed by atoms with Crippen molar-refractivity contribution in [3.63, 3.8) is 0 Å². The van der Waals surface area contributed by atoms with Gasteiger partial charge >= 0.3 is 0 Å². The third kappa shape index (κ3) is 8.26. The maximum absolute atomic E-state index is 12.3. The van der Waals surface area contributed by atoms with Crippen LogP contribution in [0, 0.1) is 0 Å². The highest BCUT2D eigenvalue weighted by molar-refractivity contribution is 6.40. The number of benzene rings is 2. The van der Waals surface area contributed by atoms with Gasteiger partial charge in [-0.3, -0.25) is 14.8 Å². The lowest BCUT2D eigenvalue weighted by Crippen LogP contribution is -2.32. The summed E-state index contributed by atoms with van der Waals surface area (Å²) in [5, 5.41) is 21.4. The van der Waals surface area contributed by atoms with Crippen molar-refractivity contribution in [1.82, 2.24) is 15.0 Å². The first-order valence-corrected chi connectivity index (χ1v) is 13.8. The van der Waals surface area contributed by atoms with E-state index in [1.807, 2.05) is 36.4 Å². The molecular formula is C28H32Cl2N4O6. The van der Waals surface area contributed by atoms with Crippen LogP contribution in [0.15, 0.2) is 54.9 Å². The Hall–Kier alpha value is -2.99. The molecule has 3 aromatic rings. The van der Waals surface area contributed by atoms with Gasteiger partial charge in [-0.1, -0.05) is 66.0 Å². The zero-order chi connectivity index (χ0) is 28.5. The number of unbranched alkanes of at least 4 members (excludes halogenated alkanes) is 2. The third-order valence-electron chi connectivity index (χ3n) is 6.65. The number of halogens is 2. The van der Waals surface area contributed by atoms with Crippen LogP contribution in [0.5, 0.6) is 0 Å². The van der Waals surface area contributed by atoms with Gasteiger partial charge in [-0.2, -0.15) is 0 Å². The number of imidazole rings is 1. The maximum atomic E-state index is 12.3. The number of nitrogens with zero attached hydrogens (tertiary/aromatic N) is 2. The number of ether oxygens (including phenoxy) is 2. The van der Waals surface area contributed by atoms with Gasteiger partial charge < -0.3 is 24.5 Å². The summed E-state index contributed by atoms with van der Waals surface area (Å²) in [6.07, 6.45) is 3.46. The molecule has 4 N–H and O–H groups in total. The van der Waals surface area contributed by atoms with Crippen molar-refractivity contribution in [3.05, 3.63) is 81.9 Å². The van der Waals surface area contributed by atoms with Gasteiger partial charge in [0.15, 0.2) is 11.4 Å². The fourth-order valence-electron chi connectivity index (χ4n) is 4.47. The van der Waals surface area contributed by atoms with E-state index >= 15 is 0 Å². The number of rotatable bonds is 12. The van der Waals surface area contributed by atoms with E-state index in [0.29, 0.717) is 49.5 Å². The van der Waals surface area contributed by atoms with Crippen LogP contribution in [0.1, 0.15) is 67.6 Å². The number of carbonyl (C=O) groups excluding carboxylic acids is 2. The van der Waals surface area contributed by atoms with E-state index in [0.717, 1.165) is 16.7 Å². The van der Waals surface area contributed by atoms with Gasteiger partial charge in [-0.25, -0.2) is 10.5 Å². The molecule has 1 aliphatic rings. The molecule has 1 aliphatic heterocycles. The van der Waals surface area contributed by atoms with Crippen molar-refractivity contribution in [3.8, 4) is 0 Å². The van der Waals surface area contributed by atoms with Crippen LogP contribution < -0.4 is 10.8 Å². The monoisotopic (exact) mass is 590 g/mol. The summed E-state index contributed by atoms with van der Waals surface area (Å²) in [5.74, 6) is -0.547. The SMILES string of the molecule is O=C(CCCCCC(=O)Nc1ccc([C@H]2O[C@@H](Cn3cnc(Cl)c3Cl)C[C@@H](c3ccc(CO)cc3)O2)cc1)NO. The molecule has 0 spiro atoms. The number of aliphatic hydroxyl groups is 1. The lowest BCUT2D eigenvalue weighted by Gasteiger charge is -2.36. The highest BCUT2D eigenvalue weighted by Gasteiger charge is 2.33. The minimum absolute atomic E-state index is 0.0354. The number of aromatic nitrogens is 2. The minimum Gasteiger partial charge on any atom is -0.392 e. The molecule has 1 aromatic heterocycles. The molecule has 3 atom stereocenters. The van der Waals surface area contributed by atoms with Crippen LogP contribution in [-0.4, -0.2) is 37.8 Å². The van der Waals surface area contributed by atoms with Gasteiger partial charge in [0, 0.05) is 30.5 Å². The maximum Gasteiger partial charge on any atom is 0.243 e. The van der Waals surface area contributed by atoms with Crippen molar-refractivity contribution >= 4 is 40.7 Å². The van der Waals surface area contributed by atoms with Crippen LogP contribution in [0.4, 0.5) is 5.69 Å². The Balaban J connectivity index is 1.39. The standard InChI is InChI=1S/C28H32Cl2N4O6/c29-26-27(30)34(17-31-26)15-22-14-23(19-8-6-18(16-35)7-9-19)40-28(39-22)20-10-12-21(13-11-20)32-24(36)4-2-1-3-5-25(37)33-38/h6-13,17,22-23,28,35,38H,1-5,14-16H2,(H,32,36)(H,33,37)/t22-,23+,28+/m1/s1. The van der Waals surface area contributed by atoms with E-state index < -0.39 is 12.2 Å². The van der Waals surface area contributed by atoms with Crippen LogP contribution in [-0.2, 0) is 32.2 Å². The fourth-order valence-corrected chi connectivity index (χ4v) is 4.79.